The maximum atomic E-state index is 12.1. The number of halogens is 3. The van der Waals surface area contributed by atoms with Crippen LogP contribution < -0.4 is 22.1 Å². The minimum absolute atomic E-state index is 0. The summed E-state index contributed by atoms with van der Waals surface area (Å²) in [6.45, 7) is 33.6. The number of rotatable bonds is 62. The van der Waals surface area contributed by atoms with Crippen LogP contribution in [0.25, 0.3) is 0 Å². The van der Waals surface area contributed by atoms with Crippen LogP contribution in [0.4, 0.5) is 19.2 Å². The summed E-state index contributed by atoms with van der Waals surface area (Å²) in [5, 5.41) is 89.1. The van der Waals surface area contributed by atoms with Crippen molar-refractivity contribution >= 4 is 79.1 Å². The van der Waals surface area contributed by atoms with Gasteiger partial charge in [0.25, 0.3) is 0 Å². The van der Waals surface area contributed by atoms with E-state index in [0.717, 1.165) is 64.2 Å². The van der Waals surface area contributed by atoms with Gasteiger partial charge in [0.1, 0.15) is 40.7 Å². The summed E-state index contributed by atoms with van der Waals surface area (Å²) in [5.74, 6) is 0. The van der Waals surface area contributed by atoms with Gasteiger partial charge in [-0.05, 0) is 163 Å². The Hall–Kier alpha value is -1.84. The number of hydrogen-bond acceptors (Lipinski definition) is 27. The van der Waals surface area contributed by atoms with E-state index in [-0.39, 0.29) is 34.7 Å². The van der Waals surface area contributed by atoms with Gasteiger partial charge < -0.3 is 102 Å². The van der Waals surface area contributed by atoms with Crippen molar-refractivity contribution in [3.8, 4) is 0 Å². The lowest BCUT2D eigenvalue weighted by Crippen LogP contribution is -2.54. The van der Waals surface area contributed by atoms with E-state index in [1.807, 2.05) is 0 Å². The Morgan fingerprint density at radius 3 is 0.904 bits per heavy atom. The largest absolute Gasteiger partial charge is 0.519 e. The number of carbonyl (C=O) groups excluding carboxylic acids is 4. The van der Waals surface area contributed by atoms with Crippen LogP contribution in [-0.4, -0.2) is 208 Å². The second-order valence-electron chi connectivity index (χ2n) is 40.4. The molecule has 37 heteroatoms. The highest BCUT2D eigenvalue weighted by atomic mass is 36.0. The fourth-order valence-corrected chi connectivity index (χ4v) is 15.8. The first kappa shape index (κ1) is 146. The van der Waals surface area contributed by atoms with Crippen LogP contribution in [0.3, 0.4) is 0 Å². The predicted molar refractivity (Wildman–Crippen MR) is 551 cm³/mol. The van der Waals surface area contributed by atoms with E-state index in [9.17, 15) is 78.4 Å². The molecule has 2 heterocycles. The second kappa shape index (κ2) is 87.5. The summed E-state index contributed by atoms with van der Waals surface area (Å²) in [6.07, 6.45) is 50.7. The van der Waals surface area contributed by atoms with Crippen molar-refractivity contribution in [3.63, 3.8) is 0 Å². The lowest BCUT2D eigenvalue weighted by molar-refractivity contribution is -0.0533. The topological polar surface area (TPSA) is 501 Å². The predicted octanol–water partition coefficient (Wildman–Crippen LogP) is 25.7. The van der Waals surface area contributed by atoms with Crippen LogP contribution in [-0.2, 0) is 55.5 Å². The van der Waals surface area contributed by atoms with Gasteiger partial charge in [-0.2, -0.15) is 0 Å². The molecule has 0 bridgehead atoms. The fourth-order valence-electron chi connectivity index (χ4n) is 13.8. The molecule has 2 fully saturated rings. The molecule has 0 radical (unpaired) electrons. The third-order valence-corrected chi connectivity index (χ3v) is 22.7. The van der Waals surface area contributed by atoms with Gasteiger partial charge in [-0.3, -0.25) is 22.7 Å². The van der Waals surface area contributed by atoms with Gasteiger partial charge in [0.2, 0.25) is 0 Å². The molecule has 0 aromatic rings. The smallest absolute Gasteiger partial charge is 0.444 e. The average molecular weight is 2070 g/mol. The molecule has 135 heavy (non-hydrogen) atoms. The molecule has 31 nitrogen and oxygen atoms in total. The van der Waals surface area contributed by atoms with Gasteiger partial charge in [0.15, 0.2) is 0 Å². The molecule has 2 unspecified atom stereocenters. The second-order valence-corrected chi connectivity index (χ2v) is 49.9. The normalized spacial score (nSPS) is 19.1. The molecule has 0 spiro atoms. The van der Waals surface area contributed by atoms with Crippen molar-refractivity contribution in [2.45, 2.75) is 581 Å². The Kier molecular flexibility index (Phi) is 94.8. The molecule has 816 valence electrons. The number of aliphatic hydroxyl groups is 9. The summed E-state index contributed by atoms with van der Waals surface area (Å²) < 4.78 is 76.4. The van der Waals surface area contributed by atoms with Gasteiger partial charge >= 0.3 is 45.3 Å². The molecule has 2 saturated heterocycles. The molecule has 2 rings (SSSR count). The monoisotopic (exact) mass is 2070 g/mol. The summed E-state index contributed by atoms with van der Waals surface area (Å²) >= 11 is 13.8. The van der Waals surface area contributed by atoms with Gasteiger partial charge in [-0.15, -0.1) is 0 Å². The Balaban J connectivity index is -0.000000299. The van der Waals surface area contributed by atoms with Crippen molar-refractivity contribution in [2.75, 3.05) is 26.4 Å². The standard InChI is InChI=1S/C23H46NO7P.C23H47NO5.C18H38NO5P.C18H39NO3.C10H18O5.C4H10O.2CH4.Cl3OP/c1-5-6-7-8-9-10-11-12-13-14-15-16-17-20(25)21-19(18-29-32(27,28)31-21)24-22(26)30-23(2,3)4;1-5-6-7-8-9-10-11-12-13-14-15-16-17-20(26)21(27)19(18-25)24-22(28)29-23(2,3)4;1-2-3-4-5-6-7-8-9-10-11-12-13-14-17(20)18-16(19)15-23-25(21,22)24-18;1-2-3-4-5-6-7-8-9-10-11-12-13-14-17(21)18(22)16(19)15-20;1-9(2,3)14-7(11)13-8(12)15-10(4,5)6;1-4(2,3)5;;;1-5(2,3)4/h19-21,25H,5-18H2,1-4H3,(H,24,26)(H,27,28);19-21,25-27H,5-18H2,1-4H3,(H,24,28);16-18,20H,2-15,19H2,1H3,(H,21,22);16-18,20-22H,2-15,19H2,1H3;1-6H3;5H,1-3H3;2*1H4;/t2*19-,20+,21-;2*16-,17+,18-;;;;;/m0000...../s1. The van der Waals surface area contributed by atoms with E-state index in [1.165, 1.54) is 244 Å². The van der Waals surface area contributed by atoms with Crippen molar-refractivity contribution in [1.82, 2.24) is 10.6 Å². The van der Waals surface area contributed by atoms with Crippen molar-refractivity contribution < 1.29 is 130 Å². The summed E-state index contributed by atoms with van der Waals surface area (Å²) in [4.78, 5) is 64.9. The molecule has 0 aromatic heterocycles. The maximum absolute atomic E-state index is 12.1. The molecular formula is C98H206Cl3N4O27P3. The van der Waals surface area contributed by atoms with E-state index >= 15 is 0 Å². The van der Waals surface area contributed by atoms with Crippen LogP contribution >= 0.6 is 54.6 Å². The van der Waals surface area contributed by atoms with Crippen molar-refractivity contribution in [1.29, 1.82) is 0 Å². The first-order valence-electron chi connectivity index (χ1n) is 50.5. The quantitative estimate of drug-likeness (QED) is 0.00884. The summed E-state index contributed by atoms with van der Waals surface area (Å²) in [6, 6.07) is -3.03. The molecule has 0 aliphatic carbocycles. The summed E-state index contributed by atoms with van der Waals surface area (Å²) in [5.41, 5.74) is 8.05. The zero-order valence-electron chi connectivity index (χ0n) is 86.1. The van der Waals surface area contributed by atoms with Gasteiger partial charge in [-0.25, -0.2) is 28.3 Å². The molecule has 0 aromatic carbocycles. The first-order valence-corrected chi connectivity index (χ1v) is 57.9. The highest BCUT2D eigenvalue weighted by molar-refractivity contribution is 8.24. The van der Waals surface area contributed by atoms with Crippen LogP contribution in [0.1, 0.15) is 480 Å². The van der Waals surface area contributed by atoms with Crippen molar-refractivity contribution in [3.05, 3.63) is 0 Å². The lowest BCUT2D eigenvalue weighted by Gasteiger charge is -2.36. The Bertz CT molecular complexity index is 2860. The number of carbonyl (C=O) groups is 4. The summed E-state index contributed by atoms with van der Waals surface area (Å²) in [7, 11) is -8.28. The van der Waals surface area contributed by atoms with Gasteiger partial charge in [0, 0.05) is 0 Å². The number of phosphoric ester groups is 2. The zero-order chi connectivity index (χ0) is 103. The van der Waals surface area contributed by atoms with E-state index < -0.39 is 153 Å². The number of phosphoric acid groups is 2. The Morgan fingerprint density at radius 2 is 0.637 bits per heavy atom. The minimum Gasteiger partial charge on any atom is -0.444 e. The van der Waals surface area contributed by atoms with Crippen LogP contribution in [0.2, 0.25) is 0 Å². The number of aliphatic hydroxyl groups excluding tert-OH is 8. The number of amides is 2. The lowest BCUT2D eigenvalue weighted by atomic mass is 9.99. The molecule has 2 amide bonds. The first-order chi connectivity index (χ1) is 61.8. The fraction of sp³-hybridized carbons (Fsp3) is 0.959. The molecule has 2 aliphatic rings. The zero-order valence-corrected chi connectivity index (χ0v) is 91.1. The van der Waals surface area contributed by atoms with Crippen LogP contribution in [0.15, 0.2) is 0 Å². The van der Waals surface area contributed by atoms with Gasteiger partial charge in [-0.1, -0.05) is 351 Å². The third-order valence-electron chi connectivity index (χ3n) is 20.7. The Labute approximate surface area is 834 Å². The maximum Gasteiger partial charge on any atom is 0.519 e. The highest BCUT2D eigenvalue weighted by Gasteiger charge is 2.44. The van der Waals surface area contributed by atoms with E-state index in [4.69, 9.17) is 54.2 Å². The molecule has 0 saturated carbocycles. The highest BCUT2D eigenvalue weighted by Crippen LogP contribution is 2.61. The molecule has 2 aliphatic heterocycles. The molecular weight excluding hydrogens is 1860 g/mol. The van der Waals surface area contributed by atoms with Crippen LogP contribution in [0.5, 0.6) is 0 Å². The Morgan fingerprint density at radius 1 is 0.400 bits per heavy atom. The van der Waals surface area contributed by atoms with Crippen molar-refractivity contribution in [2.24, 2.45) is 11.5 Å². The van der Waals surface area contributed by atoms with E-state index in [1.54, 1.807) is 104 Å². The van der Waals surface area contributed by atoms with Gasteiger partial charge in [0.05, 0.1) is 86.7 Å². The number of ether oxygens (including phenoxy) is 5. The third kappa shape index (κ3) is 108. The average Bonchev–Trinajstić information content (AvgIpc) is 0.821. The number of alkyl carbamates (subject to hydrolysis) is 2. The molecule has 17 N–H and O–H groups in total. The minimum atomic E-state index is -4.24. The van der Waals surface area contributed by atoms with Crippen LogP contribution in [0, 0.1) is 0 Å². The number of nitrogens with two attached hydrogens (primary N) is 2. The van der Waals surface area contributed by atoms with E-state index in [2.05, 4.69) is 81.3 Å². The number of nitrogens with one attached hydrogen (secondary N) is 2. The number of unbranched alkanes of at least 4 members (excludes halogenated alkanes) is 44. The SMILES string of the molecule is C.C.CC(C)(C)O.CC(C)(C)OC(=O)OC(=O)OC(C)(C)C.CCCCCCCCCCCCCC[C@@H](O)[C@@H](O)[C@@H](N)CO.CCCCCCCCCCCCCC[C@@H](O)[C@@H](O)[C@H](CO)NC(=O)OC(C)(C)C.CCCCCCCCCCCCCC[C@@H](O)[C@H]1OP(=O)(O)OC[C@@H]1N.CCCCCCCCCCCCCC[C@@H](O)[C@H]1OP(=O)(O)OC[C@@H]1NC(=O)OC(C)(C)C.O=P(Cl)(Cl)Cl. The molecule has 14 atom stereocenters. The number of hydrogen-bond donors (Lipinski definition) is 15. The van der Waals surface area contributed by atoms with E-state index in [0.29, 0.717) is 25.7 Å².